The number of nitrogens with zero attached hydrogens (tertiary/aromatic N) is 2. The molecule has 1 fully saturated rings. The molecule has 118 valence electrons. The number of aryl methyl sites for hydroxylation is 1. The van der Waals surface area contributed by atoms with E-state index in [2.05, 4.69) is 0 Å². The molecule has 0 atom stereocenters. The summed E-state index contributed by atoms with van der Waals surface area (Å²) >= 11 is 0. The molecule has 0 saturated carbocycles. The van der Waals surface area contributed by atoms with Crippen molar-refractivity contribution in [1.82, 2.24) is 9.80 Å². The number of rotatable bonds is 4. The molecular weight excluding hydrogens is 280 g/mol. The van der Waals surface area contributed by atoms with Gasteiger partial charge >= 0.3 is 0 Å². The lowest BCUT2D eigenvalue weighted by molar-refractivity contribution is -0.134. The first-order valence-corrected chi connectivity index (χ1v) is 7.61. The number of Topliss-reactive ketones (excluding diaryl/α,β-unsaturated/α-hetero) is 1. The number of benzene rings is 1. The summed E-state index contributed by atoms with van der Waals surface area (Å²) in [6.07, 6.45) is 0.558. The summed E-state index contributed by atoms with van der Waals surface area (Å²) in [7, 11) is 0. The Bertz CT molecular complexity index is 575. The van der Waals surface area contributed by atoms with Crippen molar-refractivity contribution in [3.63, 3.8) is 0 Å². The minimum Gasteiger partial charge on any atom is -0.339 e. The Morgan fingerprint density at radius 3 is 2.14 bits per heavy atom. The molecule has 0 bridgehead atoms. The van der Waals surface area contributed by atoms with Crippen LogP contribution in [0.2, 0.25) is 0 Å². The van der Waals surface area contributed by atoms with Crippen LogP contribution in [0.5, 0.6) is 0 Å². The number of carbonyl (C=O) groups is 3. The van der Waals surface area contributed by atoms with Crippen molar-refractivity contribution >= 4 is 17.6 Å². The summed E-state index contributed by atoms with van der Waals surface area (Å²) in [5.74, 6) is 0.0499. The first kappa shape index (κ1) is 16.2. The Morgan fingerprint density at radius 2 is 1.55 bits per heavy atom. The molecule has 0 aliphatic carbocycles. The zero-order chi connectivity index (χ0) is 16.1. The molecule has 0 unspecified atom stereocenters. The Morgan fingerprint density at radius 1 is 0.955 bits per heavy atom. The van der Waals surface area contributed by atoms with E-state index < -0.39 is 0 Å². The number of hydrogen-bond acceptors (Lipinski definition) is 3. The number of amides is 2. The molecule has 2 amide bonds. The van der Waals surface area contributed by atoms with Crippen molar-refractivity contribution in [3.8, 4) is 0 Å². The van der Waals surface area contributed by atoms with Gasteiger partial charge in [0.25, 0.3) is 5.91 Å². The molecule has 1 aromatic carbocycles. The van der Waals surface area contributed by atoms with Gasteiger partial charge in [-0.05, 0) is 25.5 Å². The number of ketones is 1. The lowest BCUT2D eigenvalue weighted by atomic mass is 10.1. The van der Waals surface area contributed by atoms with Crippen molar-refractivity contribution in [2.75, 3.05) is 26.2 Å². The minimum atomic E-state index is -0.00168. The Labute approximate surface area is 130 Å². The summed E-state index contributed by atoms with van der Waals surface area (Å²) in [5.41, 5.74) is 1.69. The van der Waals surface area contributed by atoms with E-state index in [9.17, 15) is 14.4 Å². The van der Waals surface area contributed by atoms with Crippen molar-refractivity contribution < 1.29 is 14.4 Å². The normalized spacial score (nSPS) is 14.8. The van der Waals surface area contributed by atoms with Gasteiger partial charge in [0.1, 0.15) is 5.78 Å². The molecule has 0 N–H and O–H groups in total. The molecule has 1 aliphatic heterocycles. The second-order valence-electron chi connectivity index (χ2n) is 5.69. The third kappa shape index (κ3) is 3.93. The van der Waals surface area contributed by atoms with Crippen LogP contribution >= 0.6 is 0 Å². The van der Waals surface area contributed by atoms with Crippen LogP contribution in [0, 0.1) is 6.92 Å². The van der Waals surface area contributed by atoms with Gasteiger partial charge in [-0.2, -0.15) is 0 Å². The van der Waals surface area contributed by atoms with Gasteiger partial charge in [0.05, 0.1) is 0 Å². The van der Waals surface area contributed by atoms with Crippen molar-refractivity contribution in [2.24, 2.45) is 0 Å². The Hall–Kier alpha value is -2.17. The van der Waals surface area contributed by atoms with E-state index in [0.29, 0.717) is 32.6 Å². The van der Waals surface area contributed by atoms with Crippen molar-refractivity contribution in [3.05, 3.63) is 35.4 Å². The molecule has 1 heterocycles. The predicted molar refractivity (Wildman–Crippen MR) is 83.6 cm³/mol. The summed E-state index contributed by atoms with van der Waals surface area (Å²) < 4.78 is 0. The predicted octanol–water partition coefficient (Wildman–Crippen LogP) is 1.65. The fraction of sp³-hybridized carbons (Fsp3) is 0.471. The molecular formula is C17H22N2O3. The third-order valence-electron chi connectivity index (χ3n) is 3.99. The summed E-state index contributed by atoms with van der Waals surface area (Å²) in [6, 6.07) is 7.54. The second-order valence-corrected chi connectivity index (χ2v) is 5.69. The smallest absolute Gasteiger partial charge is 0.254 e. The molecule has 1 aromatic rings. The van der Waals surface area contributed by atoms with Gasteiger partial charge < -0.3 is 14.6 Å². The number of hydrogen-bond donors (Lipinski definition) is 0. The average molecular weight is 302 g/mol. The monoisotopic (exact) mass is 302 g/mol. The largest absolute Gasteiger partial charge is 0.339 e. The number of carbonyl (C=O) groups excluding carboxylic acids is 3. The lowest BCUT2D eigenvalue weighted by Gasteiger charge is -2.35. The first-order chi connectivity index (χ1) is 10.5. The quantitative estimate of drug-likeness (QED) is 0.850. The molecule has 5 nitrogen and oxygen atoms in total. The van der Waals surface area contributed by atoms with Crippen LogP contribution in [0.25, 0.3) is 0 Å². The van der Waals surface area contributed by atoms with Gasteiger partial charge in [0, 0.05) is 44.6 Å². The van der Waals surface area contributed by atoms with Crippen LogP contribution in [-0.4, -0.2) is 53.6 Å². The highest BCUT2D eigenvalue weighted by atomic mass is 16.2. The first-order valence-electron chi connectivity index (χ1n) is 7.61. The molecule has 0 spiro atoms. The van der Waals surface area contributed by atoms with Gasteiger partial charge in [-0.15, -0.1) is 0 Å². The average Bonchev–Trinajstić information content (AvgIpc) is 2.52. The van der Waals surface area contributed by atoms with Gasteiger partial charge in [0.2, 0.25) is 5.91 Å². The van der Waals surface area contributed by atoms with Gasteiger partial charge in [-0.3, -0.25) is 9.59 Å². The van der Waals surface area contributed by atoms with Gasteiger partial charge in [0.15, 0.2) is 0 Å². The van der Waals surface area contributed by atoms with Gasteiger partial charge in [-0.1, -0.05) is 18.2 Å². The van der Waals surface area contributed by atoms with E-state index in [1.165, 1.54) is 6.92 Å². The van der Waals surface area contributed by atoms with Crippen LogP contribution in [-0.2, 0) is 9.59 Å². The maximum absolute atomic E-state index is 12.5. The van der Waals surface area contributed by atoms with E-state index in [1.54, 1.807) is 9.80 Å². The van der Waals surface area contributed by atoms with E-state index in [0.717, 1.165) is 11.1 Å². The molecule has 5 heteroatoms. The van der Waals surface area contributed by atoms with E-state index in [4.69, 9.17) is 0 Å². The van der Waals surface area contributed by atoms with E-state index in [-0.39, 0.29) is 24.0 Å². The summed E-state index contributed by atoms with van der Waals surface area (Å²) in [4.78, 5) is 38.9. The van der Waals surface area contributed by atoms with Gasteiger partial charge in [-0.25, -0.2) is 0 Å². The zero-order valence-corrected chi connectivity index (χ0v) is 13.2. The summed E-state index contributed by atoms with van der Waals surface area (Å²) in [5, 5.41) is 0. The second kappa shape index (κ2) is 7.20. The third-order valence-corrected chi connectivity index (χ3v) is 3.99. The lowest BCUT2D eigenvalue weighted by Crippen LogP contribution is -2.50. The molecule has 0 aromatic heterocycles. The molecule has 2 rings (SSSR count). The van der Waals surface area contributed by atoms with Crippen LogP contribution < -0.4 is 0 Å². The molecule has 22 heavy (non-hydrogen) atoms. The fourth-order valence-electron chi connectivity index (χ4n) is 2.58. The molecule has 1 saturated heterocycles. The fourth-order valence-corrected chi connectivity index (χ4v) is 2.58. The van der Waals surface area contributed by atoms with Crippen LogP contribution in [0.4, 0.5) is 0 Å². The Kier molecular flexibility index (Phi) is 5.31. The zero-order valence-electron chi connectivity index (χ0n) is 13.2. The van der Waals surface area contributed by atoms with Crippen LogP contribution in [0.3, 0.4) is 0 Å². The molecule has 1 aliphatic rings. The number of piperazine rings is 1. The highest BCUT2D eigenvalue weighted by Crippen LogP contribution is 2.13. The van der Waals surface area contributed by atoms with Crippen LogP contribution in [0.15, 0.2) is 24.3 Å². The molecule has 0 radical (unpaired) electrons. The highest BCUT2D eigenvalue weighted by Gasteiger charge is 2.25. The topological polar surface area (TPSA) is 57.7 Å². The van der Waals surface area contributed by atoms with E-state index >= 15 is 0 Å². The maximum atomic E-state index is 12.5. The van der Waals surface area contributed by atoms with E-state index in [1.807, 2.05) is 31.2 Å². The minimum absolute atomic E-state index is 0.00168. The Balaban J connectivity index is 1.89. The maximum Gasteiger partial charge on any atom is 0.254 e. The standard InChI is InChI=1S/C17H22N2O3/c1-13-5-3-4-6-15(13)17(22)19-11-9-18(10-12-19)16(21)8-7-14(2)20/h3-6H,7-12H2,1-2H3. The van der Waals surface area contributed by atoms with Crippen LogP contribution in [0.1, 0.15) is 35.7 Å². The summed E-state index contributed by atoms with van der Waals surface area (Å²) in [6.45, 7) is 5.57. The highest BCUT2D eigenvalue weighted by molar-refractivity contribution is 5.95. The van der Waals surface area contributed by atoms with Crippen molar-refractivity contribution in [2.45, 2.75) is 26.7 Å². The SMILES string of the molecule is CC(=O)CCC(=O)N1CCN(C(=O)c2ccccc2C)CC1. The van der Waals surface area contributed by atoms with Crippen molar-refractivity contribution in [1.29, 1.82) is 0 Å².